The third-order valence-electron chi connectivity index (χ3n) is 5.69. The normalized spacial score (nSPS) is 40.3. The van der Waals surface area contributed by atoms with E-state index in [1.165, 1.54) is 37.8 Å². The van der Waals surface area contributed by atoms with Gasteiger partial charge in [-0.2, -0.15) is 5.26 Å². The van der Waals surface area contributed by atoms with Gasteiger partial charge in [-0.25, -0.2) is 0 Å². The Morgan fingerprint density at radius 3 is 2.16 bits per heavy atom. The van der Waals surface area contributed by atoms with Gasteiger partial charge in [0.15, 0.2) is 0 Å². The van der Waals surface area contributed by atoms with Crippen molar-refractivity contribution >= 4 is 0 Å². The predicted molar refractivity (Wildman–Crippen MR) is 77.2 cm³/mol. The first-order valence-electron chi connectivity index (χ1n) is 7.93. The van der Waals surface area contributed by atoms with Crippen molar-refractivity contribution < 1.29 is 0 Å². The standard InChI is InChI=1S/C17H26N2/c1-19(2)16(5-3-4-6-18)17-14-8-12-7-13(10-14)11-15(17)9-12/h5,12-15,17H,3-4,7-11H2,1-2H3/b16-5-. The molecule has 19 heavy (non-hydrogen) atoms. The van der Waals surface area contributed by atoms with Gasteiger partial charge < -0.3 is 4.90 Å². The van der Waals surface area contributed by atoms with Gasteiger partial charge in [0.05, 0.1) is 6.07 Å². The fourth-order valence-electron chi connectivity index (χ4n) is 5.31. The summed E-state index contributed by atoms with van der Waals surface area (Å²) in [7, 11) is 4.37. The Labute approximate surface area is 117 Å². The van der Waals surface area contributed by atoms with Crippen molar-refractivity contribution in [3.05, 3.63) is 11.8 Å². The van der Waals surface area contributed by atoms with Gasteiger partial charge >= 0.3 is 0 Å². The maximum absolute atomic E-state index is 8.74. The zero-order valence-electron chi connectivity index (χ0n) is 12.3. The van der Waals surface area contributed by atoms with Crippen molar-refractivity contribution in [2.45, 2.75) is 44.9 Å². The van der Waals surface area contributed by atoms with Crippen molar-refractivity contribution in [2.75, 3.05) is 14.1 Å². The van der Waals surface area contributed by atoms with E-state index in [2.05, 4.69) is 31.1 Å². The summed E-state index contributed by atoms with van der Waals surface area (Å²) >= 11 is 0. The molecule has 0 radical (unpaired) electrons. The molecule has 4 saturated carbocycles. The second-order valence-corrected chi connectivity index (χ2v) is 7.18. The molecule has 0 N–H and O–H groups in total. The third-order valence-corrected chi connectivity index (χ3v) is 5.69. The molecule has 0 amide bonds. The molecule has 0 aromatic heterocycles. The number of nitriles is 1. The molecule has 0 aromatic rings. The maximum Gasteiger partial charge on any atom is 0.0625 e. The first-order chi connectivity index (χ1) is 9.19. The summed E-state index contributed by atoms with van der Waals surface area (Å²) in [4.78, 5) is 2.32. The van der Waals surface area contributed by atoms with Crippen LogP contribution in [0.2, 0.25) is 0 Å². The Morgan fingerprint density at radius 2 is 1.68 bits per heavy atom. The first-order valence-corrected chi connectivity index (χ1v) is 7.93. The molecule has 0 spiro atoms. The number of hydrogen-bond donors (Lipinski definition) is 0. The molecule has 0 saturated heterocycles. The van der Waals surface area contributed by atoms with Crippen LogP contribution in [0.3, 0.4) is 0 Å². The summed E-state index contributed by atoms with van der Waals surface area (Å²) in [6.07, 6.45) is 11.4. The maximum atomic E-state index is 8.74. The fraction of sp³-hybridized carbons (Fsp3) is 0.824. The lowest BCUT2D eigenvalue weighted by Gasteiger charge is -2.55. The van der Waals surface area contributed by atoms with E-state index in [-0.39, 0.29) is 0 Å². The summed E-state index contributed by atoms with van der Waals surface area (Å²) in [5.41, 5.74) is 1.53. The van der Waals surface area contributed by atoms with Crippen molar-refractivity contribution in [2.24, 2.45) is 29.6 Å². The molecule has 4 bridgehead atoms. The summed E-state index contributed by atoms with van der Waals surface area (Å²) in [6, 6.07) is 2.27. The van der Waals surface area contributed by atoms with Crippen LogP contribution in [0.5, 0.6) is 0 Å². The second kappa shape index (κ2) is 5.19. The highest BCUT2D eigenvalue weighted by molar-refractivity contribution is 5.14. The summed E-state index contributed by atoms with van der Waals surface area (Å²) in [5.74, 6) is 4.75. The molecule has 0 atom stereocenters. The Balaban J connectivity index is 1.79. The van der Waals surface area contributed by atoms with Crippen LogP contribution < -0.4 is 0 Å². The van der Waals surface area contributed by atoms with Crippen LogP contribution in [0.25, 0.3) is 0 Å². The van der Waals surface area contributed by atoms with Crippen LogP contribution in [0, 0.1) is 40.9 Å². The molecule has 0 aliphatic heterocycles. The van der Waals surface area contributed by atoms with Crippen LogP contribution in [-0.2, 0) is 0 Å². The van der Waals surface area contributed by atoms with Gasteiger partial charge in [-0.3, -0.25) is 0 Å². The lowest BCUT2D eigenvalue weighted by molar-refractivity contribution is -0.0286. The van der Waals surface area contributed by atoms with Crippen molar-refractivity contribution in [3.8, 4) is 6.07 Å². The summed E-state index contributed by atoms with van der Waals surface area (Å²) < 4.78 is 0. The van der Waals surface area contributed by atoms with Crippen molar-refractivity contribution in [1.82, 2.24) is 4.90 Å². The highest BCUT2D eigenvalue weighted by atomic mass is 15.1. The van der Waals surface area contributed by atoms with E-state index in [4.69, 9.17) is 5.26 Å². The van der Waals surface area contributed by atoms with Crippen LogP contribution in [0.4, 0.5) is 0 Å². The van der Waals surface area contributed by atoms with Gasteiger partial charge in [0.2, 0.25) is 0 Å². The van der Waals surface area contributed by atoms with Crippen molar-refractivity contribution in [3.63, 3.8) is 0 Å². The Morgan fingerprint density at radius 1 is 1.11 bits per heavy atom. The van der Waals surface area contributed by atoms with E-state index in [0.717, 1.165) is 36.0 Å². The average Bonchev–Trinajstić information content (AvgIpc) is 2.35. The van der Waals surface area contributed by atoms with E-state index in [1.54, 1.807) is 0 Å². The molecule has 0 unspecified atom stereocenters. The molecule has 4 aliphatic rings. The van der Waals surface area contributed by atoms with E-state index in [9.17, 15) is 0 Å². The minimum atomic E-state index is 0.657. The van der Waals surface area contributed by atoms with Gasteiger partial charge in [0.25, 0.3) is 0 Å². The highest BCUT2D eigenvalue weighted by Gasteiger charge is 2.49. The lowest BCUT2D eigenvalue weighted by atomic mass is 9.51. The fourth-order valence-corrected chi connectivity index (χ4v) is 5.31. The van der Waals surface area contributed by atoms with Crippen LogP contribution in [0.15, 0.2) is 11.8 Å². The topological polar surface area (TPSA) is 27.0 Å². The van der Waals surface area contributed by atoms with Crippen LogP contribution >= 0.6 is 0 Å². The van der Waals surface area contributed by atoms with Crippen molar-refractivity contribution in [1.29, 1.82) is 5.26 Å². The zero-order valence-corrected chi connectivity index (χ0v) is 12.3. The van der Waals surface area contributed by atoms with Gasteiger partial charge in [0.1, 0.15) is 0 Å². The van der Waals surface area contributed by atoms with Gasteiger partial charge in [-0.15, -0.1) is 0 Å². The number of allylic oxidation sites excluding steroid dienone is 2. The lowest BCUT2D eigenvalue weighted by Crippen LogP contribution is -2.47. The van der Waals surface area contributed by atoms with Crippen LogP contribution in [-0.4, -0.2) is 19.0 Å². The molecule has 4 rings (SSSR count). The molecule has 4 aliphatic carbocycles. The molecule has 104 valence electrons. The quantitative estimate of drug-likeness (QED) is 0.717. The zero-order chi connectivity index (χ0) is 13.4. The Hall–Kier alpha value is -0.970. The average molecular weight is 258 g/mol. The van der Waals surface area contributed by atoms with Gasteiger partial charge in [-0.05, 0) is 62.2 Å². The number of rotatable bonds is 4. The monoisotopic (exact) mass is 258 g/mol. The molecule has 0 heterocycles. The van der Waals surface area contributed by atoms with Gasteiger partial charge in [0, 0.05) is 32.1 Å². The number of nitrogens with zero attached hydrogens (tertiary/aromatic N) is 2. The smallest absolute Gasteiger partial charge is 0.0625 e. The molecular formula is C17H26N2. The third kappa shape index (κ3) is 2.40. The van der Waals surface area contributed by atoms with E-state index in [1.807, 2.05) is 0 Å². The van der Waals surface area contributed by atoms with E-state index < -0.39 is 0 Å². The molecule has 2 heteroatoms. The first kappa shape index (κ1) is 13.0. The number of hydrogen-bond acceptors (Lipinski definition) is 2. The molecule has 0 aromatic carbocycles. The summed E-state index contributed by atoms with van der Waals surface area (Å²) in [6.45, 7) is 0. The van der Waals surface area contributed by atoms with E-state index in [0.29, 0.717) is 6.42 Å². The second-order valence-electron chi connectivity index (χ2n) is 7.18. The molecule has 4 fully saturated rings. The predicted octanol–water partition coefficient (Wildman–Crippen LogP) is 3.81. The highest BCUT2D eigenvalue weighted by Crippen LogP contribution is 2.58. The van der Waals surface area contributed by atoms with Crippen LogP contribution in [0.1, 0.15) is 44.9 Å². The minimum Gasteiger partial charge on any atom is -0.381 e. The Bertz CT molecular complexity index is 374. The largest absolute Gasteiger partial charge is 0.381 e. The number of unbranched alkanes of at least 4 members (excludes halogenated alkanes) is 1. The Kier molecular flexibility index (Phi) is 3.56. The molecule has 2 nitrogen and oxygen atoms in total. The van der Waals surface area contributed by atoms with Gasteiger partial charge in [-0.1, -0.05) is 6.08 Å². The minimum absolute atomic E-state index is 0.657. The SMILES string of the molecule is CN(C)/C(=C\CCC#N)C1C2CC3CC(C2)CC1C3. The van der Waals surface area contributed by atoms with E-state index >= 15 is 0 Å². The summed E-state index contributed by atoms with van der Waals surface area (Å²) in [5, 5.41) is 8.74. The molecular weight excluding hydrogens is 232 g/mol.